The molecule has 0 spiro atoms. The van der Waals surface area contributed by atoms with Crippen molar-refractivity contribution in [2.75, 3.05) is 0 Å². The second-order valence-electron chi connectivity index (χ2n) is 4.06. The number of hydrogen-bond donors (Lipinski definition) is 3. The van der Waals surface area contributed by atoms with Gasteiger partial charge < -0.3 is 10.4 Å². The smallest absolute Gasteiger partial charge is 0.251 e. The van der Waals surface area contributed by atoms with Crippen LogP contribution >= 0.6 is 0 Å². The first-order valence-corrected chi connectivity index (χ1v) is 5.67. The van der Waals surface area contributed by atoms with E-state index in [2.05, 4.69) is 15.5 Å². The van der Waals surface area contributed by atoms with Gasteiger partial charge >= 0.3 is 0 Å². The van der Waals surface area contributed by atoms with E-state index in [9.17, 15) is 4.79 Å². The van der Waals surface area contributed by atoms with Gasteiger partial charge in [0.1, 0.15) is 0 Å². The molecule has 2 aromatic rings. The Morgan fingerprint density at radius 3 is 2.67 bits per heavy atom. The number of aromatic amines is 1. The van der Waals surface area contributed by atoms with Crippen molar-refractivity contribution in [1.29, 1.82) is 0 Å². The van der Waals surface area contributed by atoms with Gasteiger partial charge in [-0.15, -0.1) is 0 Å². The van der Waals surface area contributed by atoms with Crippen molar-refractivity contribution in [3.8, 4) is 0 Å². The molecular formula is C13H15N3O2. The van der Waals surface area contributed by atoms with Crippen LogP contribution in [0.15, 0.2) is 30.5 Å². The SMILES string of the molecule is Cc1[nH]ncc1CNC(=O)c1ccc(CO)cc1. The number of rotatable bonds is 4. The van der Waals surface area contributed by atoms with E-state index >= 15 is 0 Å². The maximum absolute atomic E-state index is 11.8. The zero-order chi connectivity index (χ0) is 13.0. The molecule has 0 aliphatic rings. The molecule has 0 fully saturated rings. The summed E-state index contributed by atoms with van der Waals surface area (Å²) in [4.78, 5) is 11.8. The summed E-state index contributed by atoms with van der Waals surface area (Å²) < 4.78 is 0. The van der Waals surface area contributed by atoms with E-state index < -0.39 is 0 Å². The van der Waals surface area contributed by atoms with Crippen LogP contribution in [-0.4, -0.2) is 21.2 Å². The molecule has 3 N–H and O–H groups in total. The largest absolute Gasteiger partial charge is 0.392 e. The Morgan fingerprint density at radius 1 is 1.39 bits per heavy atom. The van der Waals surface area contributed by atoms with Crippen molar-refractivity contribution in [2.24, 2.45) is 0 Å². The van der Waals surface area contributed by atoms with Crippen LogP contribution in [-0.2, 0) is 13.2 Å². The summed E-state index contributed by atoms with van der Waals surface area (Å²) in [5, 5.41) is 18.4. The molecule has 0 aliphatic heterocycles. The molecule has 2 rings (SSSR count). The van der Waals surface area contributed by atoms with Gasteiger partial charge in [0.25, 0.3) is 5.91 Å². The topological polar surface area (TPSA) is 78.0 Å². The standard InChI is InChI=1S/C13H15N3O2/c1-9-12(7-15-16-9)6-14-13(18)11-4-2-10(8-17)3-5-11/h2-5,7,17H,6,8H2,1H3,(H,14,18)(H,15,16). The summed E-state index contributed by atoms with van der Waals surface area (Å²) in [6, 6.07) is 6.86. The van der Waals surface area contributed by atoms with Crippen molar-refractivity contribution in [2.45, 2.75) is 20.1 Å². The van der Waals surface area contributed by atoms with Crippen molar-refractivity contribution >= 4 is 5.91 Å². The number of aryl methyl sites for hydroxylation is 1. The number of benzene rings is 1. The molecule has 5 heteroatoms. The number of carbonyl (C=O) groups is 1. The van der Waals surface area contributed by atoms with Crippen LogP contribution in [0, 0.1) is 6.92 Å². The molecule has 0 radical (unpaired) electrons. The molecule has 1 heterocycles. The first kappa shape index (κ1) is 12.3. The second kappa shape index (κ2) is 5.46. The fourth-order valence-corrected chi connectivity index (χ4v) is 1.59. The van der Waals surface area contributed by atoms with Crippen molar-refractivity contribution in [1.82, 2.24) is 15.5 Å². The van der Waals surface area contributed by atoms with Gasteiger partial charge in [0.05, 0.1) is 12.8 Å². The summed E-state index contributed by atoms with van der Waals surface area (Å²) in [6.07, 6.45) is 1.70. The summed E-state index contributed by atoms with van der Waals surface area (Å²) in [7, 11) is 0. The molecule has 0 unspecified atom stereocenters. The Morgan fingerprint density at radius 2 is 2.11 bits per heavy atom. The lowest BCUT2D eigenvalue weighted by Gasteiger charge is -2.05. The van der Waals surface area contributed by atoms with Crippen molar-refractivity contribution in [3.63, 3.8) is 0 Å². The molecule has 94 valence electrons. The molecule has 0 atom stereocenters. The first-order chi connectivity index (χ1) is 8.70. The van der Waals surface area contributed by atoms with Crippen LogP contribution in [0.1, 0.15) is 27.2 Å². The highest BCUT2D eigenvalue weighted by atomic mass is 16.3. The third-order valence-corrected chi connectivity index (χ3v) is 2.77. The van der Waals surface area contributed by atoms with E-state index in [0.29, 0.717) is 12.1 Å². The summed E-state index contributed by atoms with van der Waals surface area (Å²) >= 11 is 0. The molecule has 5 nitrogen and oxygen atoms in total. The van der Waals surface area contributed by atoms with Gasteiger partial charge in [0.2, 0.25) is 0 Å². The van der Waals surface area contributed by atoms with E-state index in [-0.39, 0.29) is 12.5 Å². The second-order valence-corrected chi connectivity index (χ2v) is 4.06. The summed E-state index contributed by atoms with van der Waals surface area (Å²) in [5.74, 6) is -0.139. The molecule has 18 heavy (non-hydrogen) atoms. The zero-order valence-electron chi connectivity index (χ0n) is 10.1. The highest BCUT2D eigenvalue weighted by Crippen LogP contribution is 2.06. The molecule has 1 aromatic heterocycles. The lowest BCUT2D eigenvalue weighted by Crippen LogP contribution is -2.22. The molecule has 0 saturated carbocycles. The van der Waals surface area contributed by atoms with Gasteiger partial charge in [-0.3, -0.25) is 9.89 Å². The normalized spacial score (nSPS) is 10.3. The van der Waals surface area contributed by atoms with Gasteiger partial charge in [0.15, 0.2) is 0 Å². The number of aromatic nitrogens is 2. The third-order valence-electron chi connectivity index (χ3n) is 2.77. The fraction of sp³-hybridized carbons (Fsp3) is 0.231. The molecule has 1 aromatic carbocycles. The Labute approximate surface area is 105 Å². The molecule has 1 amide bonds. The number of aliphatic hydroxyl groups is 1. The number of H-pyrrole nitrogens is 1. The van der Waals surface area contributed by atoms with Gasteiger partial charge in [0, 0.05) is 23.4 Å². The maximum atomic E-state index is 11.8. The van der Waals surface area contributed by atoms with Crippen LogP contribution in [0.3, 0.4) is 0 Å². The maximum Gasteiger partial charge on any atom is 0.251 e. The molecule has 0 aliphatic carbocycles. The summed E-state index contributed by atoms with van der Waals surface area (Å²) in [6.45, 7) is 2.34. The first-order valence-electron chi connectivity index (χ1n) is 5.67. The fourth-order valence-electron chi connectivity index (χ4n) is 1.59. The van der Waals surface area contributed by atoms with Gasteiger partial charge in [-0.2, -0.15) is 5.10 Å². The Balaban J connectivity index is 1.97. The highest BCUT2D eigenvalue weighted by molar-refractivity contribution is 5.94. The molecular weight excluding hydrogens is 230 g/mol. The number of nitrogens with zero attached hydrogens (tertiary/aromatic N) is 1. The monoisotopic (exact) mass is 245 g/mol. The van der Waals surface area contributed by atoms with Crippen LogP contribution in [0.2, 0.25) is 0 Å². The Hall–Kier alpha value is -2.14. The third kappa shape index (κ3) is 2.75. The quantitative estimate of drug-likeness (QED) is 0.756. The average Bonchev–Trinajstić information content (AvgIpc) is 2.81. The highest BCUT2D eigenvalue weighted by Gasteiger charge is 2.06. The van der Waals surface area contributed by atoms with E-state index in [4.69, 9.17) is 5.11 Å². The van der Waals surface area contributed by atoms with Crippen molar-refractivity contribution < 1.29 is 9.90 Å². The number of hydrogen-bond acceptors (Lipinski definition) is 3. The van der Waals surface area contributed by atoms with Crippen LogP contribution in [0.5, 0.6) is 0 Å². The average molecular weight is 245 g/mol. The zero-order valence-corrected chi connectivity index (χ0v) is 10.1. The van der Waals surface area contributed by atoms with E-state index in [1.165, 1.54) is 0 Å². The van der Waals surface area contributed by atoms with Crippen LogP contribution in [0.4, 0.5) is 0 Å². The predicted octanol–water partition coefficient (Wildman–Crippen LogP) is 1.14. The minimum atomic E-state index is -0.139. The number of carbonyl (C=O) groups excluding carboxylic acids is 1. The molecule has 0 bridgehead atoms. The van der Waals surface area contributed by atoms with Crippen molar-refractivity contribution in [3.05, 3.63) is 52.8 Å². The predicted molar refractivity (Wildman–Crippen MR) is 66.9 cm³/mol. The van der Waals surface area contributed by atoms with Crippen LogP contribution in [0.25, 0.3) is 0 Å². The Bertz CT molecular complexity index is 531. The number of aliphatic hydroxyl groups excluding tert-OH is 1. The van der Waals surface area contributed by atoms with Gasteiger partial charge in [-0.25, -0.2) is 0 Å². The summed E-state index contributed by atoms with van der Waals surface area (Å²) in [5.41, 5.74) is 3.28. The number of amides is 1. The number of nitrogens with one attached hydrogen (secondary N) is 2. The van der Waals surface area contributed by atoms with E-state index in [1.807, 2.05) is 6.92 Å². The lowest BCUT2D eigenvalue weighted by atomic mass is 10.1. The van der Waals surface area contributed by atoms with E-state index in [1.54, 1.807) is 30.5 Å². The van der Waals surface area contributed by atoms with Crippen LogP contribution < -0.4 is 5.32 Å². The van der Waals surface area contributed by atoms with E-state index in [0.717, 1.165) is 16.8 Å². The van der Waals surface area contributed by atoms with Gasteiger partial charge in [-0.05, 0) is 24.6 Å². The Kier molecular flexibility index (Phi) is 3.74. The minimum Gasteiger partial charge on any atom is -0.392 e. The molecule has 0 saturated heterocycles. The lowest BCUT2D eigenvalue weighted by molar-refractivity contribution is 0.0951. The minimum absolute atomic E-state index is 0.0177. The van der Waals surface area contributed by atoms with Gasteiger partial charge in [-0.1, -0.05) is 12.1 Å².